The van der Waals surface area contributed by atoms with E-state index in [9.17, 15) is 4.79 Å². The number of aromatic nitrogens is 1. The van der Waals surface area contributed by atoms with Crippen molar-refractivity contribution in [1.29, 1.82) is 0 Å². The molecule has 4 rings (SSSR count). The normalized spacial score (nSPS) is 15.6. The molecule has 25 heavy (non-hydrogen) atoms. The highest BCUT2D eigenvalue weighted by Crippen LogP contribution is 2.27. The number of hydrogen-bond acceptors (Lipinski definition) is 1. The Hall–Kier alpha value is -2.26. The third kappa shape index (κ3) is 3.42. The third-order valence-corrected chi connectivity index (χ3v) is 5.43. The Morgan fingerprint density at radius 1 is 1.08 bits per heavy atom. The van der Waals surface area contributed by atoms with Crippen LogP contribution in [-0.2, 0) is 6.42 Å². The van der Waals surface area contributed by atoms with Crippen LogP contribution in [0, 0.1) is 5.92 Å². The van der Waals surface area contributed by atoms with Crippen LogP contribution in [0.5, 0.6) is 0 Å². The van der Waals surface area contributed by atoms with Crippen molar-refractivity contribution in [1.82, 2.24) is 9.88 Å². The maximum atomic E-state index is 12.6. The van der Waals surface area contributed by atoms with Gasteiger partial charge in [0.1, 0.15) is 0 Å². The molecule has 1 N–H and O–H groups in total. The number of nitrogens with zero attached hydrogens (tertiary/aromatic N) is 1. The topological polar surface area (TPSA) is 36.1 Å². The van der Waals surface area contributed by atoms with Crippen molar-refractivity contribution >= 4 is 28.4 Å². The number of rotatable bonds is 3. The van der Waals surface area contributed by atoms with Crippen molar-refractivity contribution in [3.05, 3.63) is 70.9 Å². The Balaban J connectivity index is 1.38. The summed E-state index contributed by atoms with van der Waals surface area (Å²) in [4.78, 5) is 17.9. The van der Waals surface area contributed by atoms with E-state index in [1.54, 1.807) is 12.1 Å². The lowest BCUT2D eigenvalue weighted by Gasteiger charge is -2.32. The van der Waals surface area contributed by atoms with Crippen LogP contribution < -0.4 is 0 Å². The van der Waals surface area contributed by atoms with E-state index in [1.807, 2.05) is 17.0 Å². The minimum Gasteiger partial charge on any atom is -0.361 e. The fourth-order valence-electron chi connectivity index (χ4n) is 3.73. The van der Waals surface area contributed by atoms with Gasteiger partial charge in [0.15, 0.2) is 0 Å². The third-order valence-electron chi connectivity index (χ3n) is 5.18. The molecule has 1 fully saturated rings. The van der Waals surface area contributed by atoms with Crippen LogP contribution in [-0.4, -0.2) is 28.9 Å². The van der Waals surface area contributed by atoms with Crippen LogP contribution >= 0.6 is 11.6 Å². The Kier molecular flexibility index (Phi) is 4.50. The zero-order valence-corrected chi connectivity index (χ0v) is 14.8. The molecule has 0 aliphatic carbocycles. The van der Waals surface area contributed by atoms with Crippen molar-refractivity contribution in [2.75, 3.05) is 13.1 Å². The number of likely N-dealkylation sites (tertiary alicyclic amines) is 1. The molecule has 4 heteroatoms. The molecule has 0 spiro atoms. The number of halogens is 1. The summed E-state index contributed by atoms with van der Waals surface area (Å²) in [5, 5.41) is 1.98. The van der Waals surface area contributed by atoms with Gasteiger partial charge < -0.3 is 9.88 Å². The minimum absolute atomic E-state index is 0.113. The van der Waals surface area contributed by atoms with Gasteiger partial charge in [-0.1, -0.05) is 29.8 Å². The molecule has 1 aliphatic rings. The molecule has 1 amide bonds. The number of amides is 1. The molecule has 0 unspecified atom stereocenters. The van der Waals surface area contributed by atoms with E-state index in [0.29, 0.717) is 10.9 Å². The van der Waals surface area contributed by atoms with Gasteiger partial charge in [0.05, 0.1) is 0 Å². The van der Waals surface area contributed by atoms with Crippen molar-refractivity contribution in [3.8, 4) is 0 Å². The highest BCUT2D eigenvalue weighted by Gasteiger charge is 2.24. The maximum absolute atomic E-state index is 12.6. The maximum Gasteiger partial charge on any atom is 0.253 e. The van der Waals surface area contributed by atoms with Gasteiger partial charge in [-0.3, -0.25) is 4.79 Å². The second-order valence-corrected chi connectivity index (χ2v) is 7.24. The number of benzene rings is 2. The van der Waals surface area contributed by atoms with Crippen molar-refractivity contribution in [2.45, 2.75) is 19.3 Å². The number of para-hydroxylation sites is 1. The van der Waals surface area contributed by atoms with Gasteiger partial charge in [-0.15, -0.1) is 0 Å². The van der Waals surface area contributed by atoms with Crippen molar-refractivity contribution in [3.63, 3.8) is 0 Å². The molecule has 0 saturated carbocycles. The molecule has 2 aromatic carbocycles. The van der Waals surface area contributed by atoms with Gasteiger partial charge in [-0.2, -0.15) is 0 Å². The van der Waals surface area contributed by atoms with E-state index < -0.39 is 0 Å². The Morgan fingerprint density at radius 3 is 2.56 bits per heavy atom. The number of H-pyrrole nitrogens is 1. The largest absolute Gasteiger partial charge is 0.361 e. The summed E-state index contributed by atoms with van der Waals surface area (Å²) < 4.78 is 0. The fraction of sp³-hybridized carbons (Fsp3) is 0.286. The molecule has 1 aliphatic heterocycles. The van der Waals surface area contributed by atoms with Crippen LogP contribution in [0.3, 0.4) is 0 Å². The molecule has 2 heterocycles. The number of aromatic amines is 1. The summed E-state index contributed by atoms with van der Waals surface area (Å²) in [6, 6.07) is 15.6. The van der Waals surface area contributed by atoms with E-state index in [0.717, 1.165) is 37.9 Å². The number of hydrogen-bond donors (Lipinski definition) is 1. The van der Waals surface area contributed by atoms with E-state index in [2.05, 4.69) is 35.4 Å². The lowest BCUT2D eigenvalue weighted by Crippen LogP contribution is -2.38. The molecule has 128 valence electrons. The van der Waals surface area contributed by atoms with Crippen LogP contribution in [0.1, 0.15) is 28.8 Å². The van der Waals surface area contributed by atoms with E-state index in [4.69, 9.17) is 11.6 Å². The molecule has 1 saturated heterocycles. The van der Waals surface area contributed by atoms with Crippen LogP contribution in [0.2, 0.25) is 5.02 Å². The van der Waals surface area contributed by atoms with Crippen molar-refractivity contribution < 1.29 is 4.79 Å². The molecule has 3 aromatic rings. The molecular formula is C21H21ClN2O. The lowest BCUT2D eigenvalue weighted by atomic mass is 9.90. The quantitative estimate of drug-likeness (QED) is 0.713. The number of carbonyl (C=O) groups is 1. The first kappa shape index (κ1) is 16.2. The lowest BCUT2D eigenvalue weighted by molar-refractivity contribution is 0.0690. The molecular weight excluding hydrogens is 332 g/mol. The first-order valence-electron chi connectivity index (χ1n) is 8.80. The van der Waals surface area contributed by atoms with Gasteiger partial charge >= 0.3 is 0 Å². The van der Waals surface area contributed by atoms with Crippen LogP contribution in [0.4, 0.5) is 0 Å². The van der Waals surface area contributed by atoms with Gasteiger partial charge in [0.2, 0.25) is 0 Å². The number of piperidine rings is 1. The highest BCUT2D eigenvalue weighted by atomic mass is 35.5. The average Bonchev–Trinajstić information content (AvgIpc) is 3.06. The first-order chi connectivity index (χ1) is 12.2. The molecule has 0 bridgehead atoms. The number of nitrogens with one attached hydrogen (secondary N) is 1. The standard InChI is InChI=1S/C21H21ClN2O/c22-18-7-5-16(6-8-18)21(25)24-11-9-15(10-12-24)13-17-14-23-20-4-2-1-3-19(17)20/h1-8,14-15,23H,9-13H2. The molecule has 0 atom stereocenters. The van der Waals surface area contributed by atoms with E-state index in [1.165, 1.54) is 16.5 Å². The van der Waals surface area contributed by atoms with Crippen LogP contribution in [0.25, 0.3) is 10.9 Å². The highest BCUT2D eigenvalue weighted by molar-refractivity contribution is 6.30. The summed E-state index contributed by atoms with van der Waals surface area (Å²) in [5.74, 6) is 0.746. The summed E-state index contributed by atoms with van der Waals surface area (Å²) in [5.41, 5.74) is 3.31. The summed E-state index contributed by atoms with van der Waals surface area (Å²) >= 11 is 5.90. The van der Waals surface area contributed by atoms with Gasteiger partial charge in [-0.05, 0) is 61.1 Å². The fourth-order valence-corrected chi connectivity index (χ4v) is 3.85. The summed E-state index contributed by atoms with van der Waals surface area (Å²) in [6.07, 6.45) is 5.32. The smallest absolute Gasteiger partial charge is 0.253 e. The SMILES string of the molecule is O=C(c1ccc(Cl)cc1)N1CCC(Cc2c[nH]c3ccccc23)CC1. The summed E-state index contributed by atoms with van der Waals surface area (Å²) in [7, 11) is 0. The molecule has 1 aromatic heterocycles. The minimum atomic E-state index is 0.113. The predicted octanol–water partition coefficient (Wildman–Crippen LogP) is 4.92. The van der Waals surface area contributed by atoms with E-state index in [-0.39, 0.29) is 5.91 Å². The Morgan fingerprint density at radius 2 is 1.80 bits per heavy atom. The predicted molar refractivity (Wildman–Crippen MR) is 102 cm³/mol. The number of carbonyl (C=O) groups excluding carboxylic acids is 1. The zero-order valence-electron chi connectivity index (χ0n) is 14.0. The zero-order chi connectivity index (χ0) is 17.2. The second-order valence-electron chi connectivity index (χ2n) is 6.81. The van der Waals surface area contributed by atoms with Gasteiger partial charge in [0, 0.05) is 40.8 Å². The van der Waals surface area contributed by atoms with Crippen LogP contribution in [0.15, 0.2) is 54.7 Å². The first-order valence-corrected chi connectivity index (χ1v) is 9.18. The molecule has 0 radical (unpaired) electrons. The van der Waals surface area contributed by atoms with Gasteiger partial charge in [-0.25, -0.2) is 0 Å². The Labute approximate surface area is 152 Å². The second kappa shape index (κ2) is 6.93. The van der Waals surface area contributed by atoms with E-state index >= 15 is 0 Å². The van der Waals surface area contributed by atoms with Crippen molar-refractivity contribution in [2.24, 2.45) is 5.92 Å². The average molecular weight is 353 g/mol. The Bertz CT molecular complexity index is 876. The van der Waals surface area contributed by atoms with Gasteiger partial charge in [0.25, 0.3) is 5.91 Å². The molecule has 3 nitrogen and oxygen atoms in total. The summed E-state index contributed by atoms with van der Waals surface area (Å²) in [6.45, 7) is 1.66. The number of fused-ring (bicyclic) bond motifs is 1. The monoisotopic (exact) mass is 352 g/mol.